The Labute approximate surface area is 106 Å². The summed E-state index contributed by atoms with van der Waals surface area (Å²) in [5.74, 6) is 0. The summed E-state index contributed by atoms with van der Waals surface area (Å²) in [5, 5.41) is 6.52. The molecule has 1 aromatic heterocycles. The summed E-state index contributed by atoms with van der Waals surface area (Å²) >= 11 is 0. The molecular formula is C13H17N3O2. The Morgan fingerprint density at radius 1 is 1.33 bits per heavy atom. The zero-order valence-electron chi connectivity index (χ0n) is 11.0. The molecule has 0 atom stereocenters. The first-order chi connectivity index (χ1) is 8.38. The third-order valence-electron chi connectivity index (χ3n) is 2.40. The highest BCUT2D eigenvalue weighted by molar-refractivity contribution is 5.84. The molecule has 18 heavy (non-hydrogen) atoms. The third-order valence-corrected chi connectivity index (χ3v) is 2.40. The van der Waals surface area contributed by atoms with Gasteiger partial charge in [-0.1, -0.05) is 18.2 Å². The first-order valence-corrected chi connectivity index (χ1v) is 5.78. The van der Waals surface area contributed by atoms with Gasteiger partial charge >= 0.3 is 6.09 Å². The number of ether oxygens (including phenoxy) is 1. The number of amides is 1. The zero-order valence-corrected chi connectivity index (χ0v) is 11.0. The number of hydrogen-bond acceptors (Lipinski definition) is 3. The second kappa shape index (κ2) is 4.33. The number of nitrogens with zero attached hydrogens (tertiary/aromatic N) is 3. The minimum atomic E-state index is -0.520. The lowest BCUT2D eigenvalue weighted by molar-refractivity contribution is 0.0546. The van der Waals surface area contributed by atoms with Crippen molar-refractivity contribution in [1.29, 1.82) is 0 Å². The van der Waals surface area contributed by atoms with E-state index in [0.29, 0.717) is 0 Å². The first kappa shape index (κ1) is 12.4. The molecule has 0 fully saturated rings. The third kappa shape index (κ3) is 2.45. The van der Waals surface area contributed by atoms with E-state index in [1.165, 1.54) is 9.80 Å². The van der Waals surface area contributed by atoms with Crippen LogP contribution in [0.3, 0.4) is 0 Å². The zero-order chi connectivity index (χ0) is 13.3. The summed E-state index contributed by atoms with van der Waals surface area (Å²) in [7, 11) is 1.63. The van der Waals surface area contributed by atoms with Gasteiger partial charge in [0.1, 0.15) is 5.60 Å². The number of fused-ring (bicyclic) bond motifs is 1. The maximum absolute atomic E-state index is 11.9. The van der Waals surface area contributed by atoms with Crippen molar-refractivity contribution >= 4 is 17.0 Å². The van der Waals surface area contributed by atoms with E-state index in [-0.39, 0.29) is 0 Å². The lowest BCUT2D eigenvalue weighted by Gasteiger charge is -2.24. The van der Waals surface area contributed by atoms with E-state index >= 15 is 0 Å². The van der Waals surface area contributed by atoms with Gasteiger partial charge in [-0.2, -0.15) is 9.89 Å². The molecule has 0 aliphatic rings. The van der Waals surface area contributed by atoms with E-state index in [1.54, 1.807) is 13.2 Å². The van der Waals surface area contributed by atoms with E-state index in [2.05, 4.69) is 5.10 Å². The molecule has 0 N–H and O–H groups in total. The molecule has 5 heteroatoms. The molecule has 96 valence electrons. The van der Waals surface area contributed by atoms with Crippen molar-refractivity contribution in [3.05, 3.63) is 30.5 Å². The van der Waals surface area contributed by atoms with Crippen molar-refractivity contribution in [2.24, 2.45) is 0 Å². The number of aromatic nitrogens is 2. The van der Waals surface area contributed by atoms with Crippen LogP contribution < -0.4 is 5.01 Å². The smallest absolute Gasteiger partial charge is 0.430 e. The minimum absolute atomic E-state index is 0.434. The highest BCUT2D eigenvalue weighted by atomic mass is 16.6. The normalized spacial score (nSPS) is 11.6. The standard InChI is InChI=1S/C13H17N3O2/c1-13(2,3)18-12(17)15(4)16-11-8-6-5-7-10(11)9-14-16/h5-9H,1-4H3. The minimum Gasteiger partial charge on any atom is -0.442 e. The fourth-order valence-electron chi connectivity index (χ4n) is 1.60. The second-order valence-electron chi connectivity index (χ2n) is 5.10. The van der Waals surface area contributed by atoms with Crippen LogP contribution in [0.2, 0.25) is 0 Å². The molecule has 0 spiro atoms. The molecule has 1 heterocycles. The van der Waals surface area contributed by atoms with Gasteiger partial charge in [0, 0.05) is 12.4 Å². The summed E-state index contributed by atoms with van der Waals surface area (Å²) in [6.45, 7) is 5.50. The SMILES string of the molecule is CN(C(=O)OC(C)(C)C)n1ncc2ccccc21. The molecule has 0 saturated carbocycles. The van der Waals surface area contributed by atoms with Gasteiger partial charge in [0.25, 0.3) is 0 Å². The van der Waals surface area contributed by atoms with Crippen LogP contribution in [0.15, 0.2) is 30.5 Å². The van der Waals surface area contributed by atoms with Gasteiger partial charge in [0.05, 0.1) is 11.7 Å². The van der Waals surface area contributed by atoms with Gasteiger partial charge in [-0.05, 0) is 26.8 Å². The first-order valence-electron chi connectivity index (χ1n) is 5.78. The van der Waals surface area contributed by atoms with E-state index in [0.717, 1.165) is 10.9 Å². The van der Waals surface area contributed by atoms with Crippen LogP contribution in [-0.4, -0.2) is 28.6 Å². The highest BCUT2D eigenvalue weighted by Gasteiger charge is 2.21. The highest BCUT2D eigenvalue weighted by Crippen LogP contribution is 2.14. The molecule has 2 aromatic rings. The fourth-order valence-corrected chi connectivity index (χ4v) is 1.60. The van der Waals surface area contributed by atoms with E-state index in [9.17, 15) is 4.79 Å². The fraction of sp³-hybridized carbons (Fsp3) is 0.385. The lowest BCUT2D eigenvalue weighted by atomic mass is 10.2. The van der Waals surface area contributed by atoms with Gasteiger partial charge in [0.2, 0.25) is 0 Å². The van der Waals surface area contributed by atoms with Gasteiger partial charge in [-0.25, -0.2) is 9.80 Å². The molecule has 0 bridgehead atoms. The Hall–Kier alpha value is -2.04. The predicted octanol–water partition coefficient (Wildman–Crippen LogP) is 2.54. The monoisotopic (exact) mass is 247 g/mol. The van der Waals surface area contributed by atoms with E-state index in [1.807, 2.05) is 45.0 Å². The van der Waals surface area contributed by atoms with Crippen molar-refractivity contribution in [2.45, 2.75) is 26.4 Å². The molecule has 1 amide bonds. The maximum Gasteiger partial charge on any atom is 0.430 e. The van der Waals surface area contributed by atoms with Gasteiger partial charge in [0.15, 0.2) is 0 Å². The Balaban J connectivity index is 2.28. The van der Waals surface area contributed by atoms with E-state index in [4.69, 9.17) is 4.74 Å². The van der Waals surface area contributed by atoms with Gasteiger partial charge < -0.3 is 4.74 Å². The molecule has 0 aliphatic heterocycles. The van der Waals surface area contributed by atoms with Crippen LogP contribution in [0, 0.1) is 0 Å². The van der Waals surface area contributed by atoms with Crippen LogP contribution in [0.25, 0.3) is 10.9 Å². The number of benzene rings is 1. The summed E-state index contributed by atoms with van der Waals surface area (Å²) < 4.78 is 5.30. The quantitative estimate of drug-likeness (QED) is 0.778. The number of rotatable bonds is 1. The molecule has 5 nitrogen and oxygen atoms in total. The predicted molar refractivity (Wildman–Crippen MR) is 70.1 cm³/mol. The Bertz CT molecular complexity index is 569. The average molecular weight is 247 g/mol. The van der Waals surface area contributed by atoms with Crippen molar-refractivity contribution in [2.75, 3.05) is 12.1 Å². The Kier molecular flexibility index (Phi) is 2.98. The summed E-state index contributed by atoms with van der Waals surface area (Å²) in [5.41, 5.74) is 0.347. The summed E-state index contributed by atoms with van der Waals surface area (Å²) in [6, 6.07) is 7.69. The Morgan fingerprint density at radius 2 is 2.00 bits per heavy atom. The van der Waals surface area contributed by atoms with Gasteiger partial charge in [-0.15, -0.1) is 0 Å². The van der Waals surface area contributed by atoms with Crippen molar-refractivity contribution < 1.29 is 9.53 Å². The molecule has 0 aliphatic carbocycles. The molecule has 1 aromatic carbocycles. The molecule has 0 unspecified atom stereocenters. The topological polar surface area (TPSA) is 47.4 Å². The van der Waals surface area contributed by atoms with Crippen LogP contribution >= 0.6 is 0 Å². The lowest BCUT2D eigenvalue weighted by Crippen LogP contribution is -2.41. The molecule has 0 radical (unpaired) electrons. The molecular weight excluding hydrogens is 230 g/mol. The average Bonchev–Trinajstić information content (AvgIpc) is 2.69. The van der Waals surface area contributed by atoms with Gasteiger partial charge in [-0.3, -0.25) is 0 Å². The Morgan fingerprint density at radius 3 is 2.67 bits per heavy atom. The maximum atomic E-state index is 11.9. The number of carbonyl (C=O) groups excluding carboxylic acids is 1. The number of para-hydroxylation sites is 1. The van der Waals surface area contributed by atoms with Crippen LogP contribution in [-0.2, 0) is 4.74 Å². The van der Waals surface area contributed by atoms with E-state index < -0.39 is 11.7 Å². The van der Waals surface area contributed by atoms with Crippen LogP contribution in [0.4, 0.5) is 4.79 Å². The van der Waals surface area contributed by atoms with Crippen molar-refractivity contribution in [1.82, 2.24) is 9.89 Å². The van der Waals surface area contributed by atoms with Crippen molar-refractivity contribution in [3.8, 4) is 0 Å². The second-order valence-corrected chi connectivity index (χ2v) is 5.10. The number of hydrogen-bond donors (Lipinski definition) is 0. The van der Waals surface area contributed by atoms with Crippen LogP contribution in [0.1, 0.15) is 20.8 Å². The van der Waals surface area contributed by atoms with Crippen molar-refractivity contribution in [3.63, 3.8) is 0 Å². The number of carbonyl (C=O) groups is 1. The molecule has 0 saturated heterocycles. The molecule has 2 rings (SSSR count). The van der Waals surface area contributed by atoms with Crippen LogP contribution in [0.5, 0.6) is 0 Å². The summed E-state index contributed by atoms with van der Waals surface area (Å²) in [4.78, 5) is 13.5. The summed E-state index contributed by atoms with van der Waals surface area (Å²) in [6.07, 6.45) is 1.28. The largest absolute Gasteiger partial charge is 0.442 e.